The Balaban J connectivity index is 1.59. The van der Waals surface area contributed by atoms with E-state index < -0.39 is 0 Å². The first kappa shape index (κ1) is 15.9. The molecule has 1 atom stereocenters. The zero-order valence-electron chi connectivity index (χ0n) is 12.8. The van der Waals surface area contributed by atoms with Crippen LogP contribution in [-0.4, -0.2) is 35.8 Å². The number of carbonyl (C=O) groups is 1. The molecular weight excluding hydrogens is 308 g/mol. The fourth-order valence-electron chi connectivity index (χ4n) is 2.57. The Morgan fingerprint density at radius 2 is 1.96 bits per heavy atom. The summed E-state index contributed by atoms with van der Waals surface area (Å²) in [6, 6.07) is 16.7. The summed E-state index contributed by atoms with van der Waals surface area (Å²) in [5, 5.41) is 3.36. The zero-order valence-corrected chi connectivity index (χ0v) is 13.7. The molecule has 23 heavy (non-hydrogen) atoms. The van der Waals surface area contributed by atoms with Gasteiger partial charge in [-0.25, -0.2) is 0 Å². The molecule has 3 rings (SSSR count). The summed E-state index contributed by atoms with van der Waals surface area (Å²) in [5.41, 5.74) is 0.597. The summed E-state index contributed by atoms with van der Waals surface area (Å²) in [7, 11) is 0. The molecule has 1 aliphatic heterocycles. The SMILES string of the molecule is O=C(NCN1CC[C@H](S)C1)c1cccc(Oc2ccccc2)c1. The first-order valence-corrected chi connectivity index (χ1v) is 8.24. The fourth-order valence-corrected chi connectivity index (χ4v) is 2.91. The van der Waals surface area contributed by atoms with Crippen LogP contribution in [0.25, 0.3) is 0 Å². The van der Waals surface area contributed by atoms with Crippen LogP contribution in [-0.2, 0) is 0 Å². The quantitative estimate of drug-likeness (QED) is 0.829. The van der Waals surface area contributed by atoms with Crippen molar-refractivity contribution in [1.29, 1.82) is 0 Å². The third kappa shape index (κ3) is 4.50. The number of likely N-dealkylation sites (tertiary alicyclic amines) is 1. The highest BCUT2D eigenvalue weighted by molar-refractivity contribution is 7.81. The molecule has 1 amide bonds. The van der Waals surface area contributed by atoms with Crippen LogP contribution in [0, 0.1) is 0 Å². The van der Waals surface area contributed by atoms with E-state index in [1.807, 2.05) is 42.5 Å². The van der Waals surface area contributed by atoms with Crippen LogP contribution in [0.2, 0.25) is 0 Å². The second-order valence-corrected chi connectivity index (χ2v) is 6.36. The van der Waals surface area contributed by atoms with E-state index in [-0.39, 0.29) is 5.91 Å². The number of thiol groups is 1. The summed E-state index contributed by atoms with van der Waals surface area (Å²) in [6.45, 7) is 2.45. The fraction of sp³-hybridized carbons (Fsp3) is 0.278. The number of para-hydroxylation sites is 1. The molecule has 0 aromatic heterocycles. The molecule has 2 aromatic rings. The molecule has 5 heteroatoms. The lowest BCUT2D eigenvalue weighted by atomic mass is 10.2. The number of amides is 1. The van der Waals surface area contributed by atoms with Crippen molar-refractivity contribution >= 4 is 18.5 Å². The zero-order chi connectivity index (χ0) is 16.1. The monoisotopic (exact) mass is 328 g/mol. The van der Waals surface area contributed by atoms with E-state index in [2.05, 4.69) is 22.8 Å². The number of carbonyl (C=O) groups excluding carboxylic acids is 1. The van der Waals surface area contributed by atoms with Gasteiger partial charge in [0.05, 0.1) is 6.67 Å². The molecule has 120 valence electrons. The Kier molecular flexibility index (Phi) is 5.20. The third-order valence-electron chi connectivity index (χ3n) is 3.79. The third-order valence-corrected chi connectivity index (χ3v) is 4.21. The number of nitrogens with zero attached hydrogens (tertiary/aromatic N) is 1. The molecule has 2 aromatic carbocycles. The number of rotatable bonds is 5. The second-order valence-electron chi connectivity index (χ2n) is 5.63. The minimum absolute atomic E-state index is 0.0916. The van der Waals surface area contributed by atoms with Crippen LogP contribution < -0.4 is 10.1 Å². The number of hydrogen-bond donors (Lipinski definition) is 2. The molecule has 1 aliphatic rings. The number of ether oxygens (including phenoxy) is 1. The van der Waals surface area contributed by atoms with Crippen molar-refractivity contribution in [2.75, 3.05) is 19.8 Å². The minimum atomic E-state index is -0.0916. The Morgan fingerprint density at radius 1 is 1.17 bits per heavy atom. The maximum absolute atomic E-state index is 12.3. The smallest absolute Gasteiger partial charge is 0.252 e. The van der Waals surface area contributed by atoms with Crippen LogP contribution in [0.15, 0.2) is 54.6 Å². The molecule has 0 radical (unpaired) electrons. The molecule has 1 saturated heterocycles. The van der Waals surface area contributed by atoms with Crippen LogP contribution >= 0.6 is 12.6 Å². The molecule has 1 heterocycles. The highest BCUT2D eigenvalue weighted by Gasteiger charge is 2.19. The lowest BCUT2D eigenvalue weighted by Crippen LogP contribution is -2.36. The van der Waals surface area contributed by atoms with E-state index in [1.54, 1.807) is 12.1 Å². The molecule has 1 N–H and O–H groups in total. The second kappa shape index (κ2) is 7.53. The maximum Gasteiger partial charge on any atom is 0.252 e. The van der Waals surface area contributed by atoms with Crippen LogP contribution in [0.5, 0.6) is 11.5 Å². The van der Waals surface area contributed by atoms with Crippen LogP contribution in [0.3, 0.4) is 0 Å². The van der Waals surface area contributed by atoms with Gasteiger partial charge in [0.1, 0.15) is 11.5 Å². The predicted octanol–water partition coefficient (Wildman–Crippen LogP) is 3.17. The van der Waals surface area contributed by atoms with Gasteiger partial charge >= 0.3 is 0 Å². The summed E-state index contributed by atoms with van der Waals surface area (Å²) >= 11 is 4.46. The Bertz CT molecular complexity index is 663. The minimum Gasteiger partial charge on any atom is -0.457 e. The van der Waals surface area contributed by atoms with Crippen molar-refractivity contribution in [3.8, 4) is 11.5 Å². The Morgan fingerprint density at radius 3 is 2.70 bits per heavy atom. The molecule has 0 saturated carbocycles. The van der Waals surface area contributed by atoms with Gasteiger partial charge < -0.3 is 10.1 Å². The van der Waals surface area contributed by atoms with Gasteiger partial charge in [-0.05, 0) is 36.8 Å². The average molecular weight is 328 g/mol. The first-order chi connectivity index (χ1) is 11.2. The number of nitrogens with one attached hydrogen (secondary N) is 1. The lowest BCUT2D eigenvalue weighted by molar-refractivity contribution is 0.0929. The molecule has 4 nitrogen and oxygen atoms in total. The van der Waals surface area contributed by atoms with Crippen molar-refractivity contribution in [3.63, 3.8) is 0 Å². The number of benzene rings is 2. The van der Waals surface area contributed by atoms with Gasteiger partial charge in [0.2, 0.25) is 0 Å². The van der Waals surface area contributed by atoms with Crippen molar-refractivity contribution in [3.05, 3.63) is 60.2 Å². The normalized spacial score (nSPS) is 17.9. The summed E-state index contributed by atoms with van der Waals surface area (Å²) in [4.78, 5) is 14.5. The van der Waals surface area contributed by atoms with Gasteiger partial charge in [-0.3, -0.25) is 9.69 Å². The highest BCUT2D eigenvalue weighted by Crippen LogP contribution is 2.21. The van der Waals surface area contributed by atoms with Crippen LogP contribution in [0.4, 0.5) is 0 Å². The van der Waals surface area contributed by atoms with Crippen molar-refractivity contribution in [1.82, 2.24) is 10.2 Å². The van der Waals surface area contributed by atoms with E-state index >= 15 is 0 Å². The predicted molar refractivity (Wildman–Crippen MR) is 94.3 cm³/mol. The van der Waals surface area contributed by atoms with Crippen molar-refractivity contribution < 1.29 is 9.53 Å². The average Bonchev–Trinajstić information content (AvgIpc) is 2.99. The van der Waals surface area contributed by atoms with E-state index in [4.69, 9.17) is 4.74 Å². The molecule has 0 unspecified atom stereocenters. The topological polar surface area (TPSA) is 41.6 Å². The lowest BCUT2D eigenvalue weighted by Gasteiger charge is -2.16. The summed E-state index contributed by atoms with van der Waals surface area (Å²) < 4.78 is 5.76. The van der Waals surface area contributed by atoms with Gasteiger partial charge in [0.15, 0.2) is 0 Å². The van der Waals surface area contributed by atoms with E-state index in [1.165, 1.54) is 0 Å². The Hall–Kier alpha value is -1.98. The van der Waals surface area contributed by atoms with Gasteiger partial charge in [-0.1, -0.05) is 24.3 Å². The van der Waals surface area contributed by atoms with Gasteiger partial charge in [0.25, 0.3) is 5.91 Å². The van der Waals surface area contributed by atoms with E-state index in [0.717, 1.165) is 25.3 Å². The summed E-state index contributed by atoms with van der Waals surface area (Å²) in [5.74, 6) is 1.31. The van der Waals surface area contributed by atoms with Crippen molar-refractivity contribution in [2.45, 2.75) is 11.7 Å². The van der Waals surface area contributed by atoms with Crippen molar-refractivity contribution in [2.24, 2.45) is 0 Å². The highest BCUT2D eigenvalue weighted by atomic mass is 32.1. The number of hydrogen-bond acceptors (Lipinski definition) is 4. The largest absolute Gasteiger partial charge is 0.457 e. The molecule has 1 fully saturated rings. The van der Waals surface area contributed by atoms with E-state index in [0.29, 0.717) is 23.2 Å². The molecule has 0 bridgehead atoms. The molecular formula is C18H20N2O2S. The summed E-state index contributed by atoms with van der Waals surface area (Å²) in [6.07, 6.45) is 1.07. The Labute approximate surface area is 141 Å². The van der Waals surface area contributed by atoms with Gasteiger partial charge in [-0.2, -0.15) is 12.6 Å². The van der Waals surface area contributed by atoms with Gasteiger partial charge in [-0.15, -0.1) is 0 Å². The van der Waals surface area contributed by atoms with Crippen LogP contribution in [0.1, 0.15) is 16.8 Å². The standard InChI is InChI=1S/C18H20N2O2S/c21-18(19-13-20-10-9-17(23)12-20)14-5-4-8-16(11-14)22-15-6-2-1-3-7-15/h1-8,11,17,23H,9-10,12-13H2,(H,19,21)/t17-/m0/s1. The van der Waals surface area contributed by atoms with Gasteiger partial charge in [0, 0.05) is 23.9 Å². The molecule has 0 spiro atoms. The molecule has 0 aliphatic carbocycles. The maximum atomic E-state index is 12.3. The van der Waals surface area contributed by atoms with E-state index in [9.17, 15) is 4.79 Å². The first-order valence-electron chi connectivity index (χ1n) is 7.72.